The van der Waals surface area contributed by atoms with E-state index < -0.39 is 0 Å². The molecule has 1 atom stereocenters. The molecule has 1 rings (SSSR count). The predicted octanol–water partition coefficient (Wildman–Crippen LogP) is 2.24. The van der Waals surface area contributed by atoms with E-state index in [1.165, 1.54) is 10.4 Å². The van der Waals surface area contributed by atoms with Crippen LogP contribution in [0.25, 0.3) is 0 Å². The molecule has 17 heavy (non-hydrogen) atoms. The van der Waals surface area contributed by atoms with Crippen LogP contribution >= 0.6 is 11.3 Å². The molecule has 4 heteroatoms. The lowest BCUT2D eigenvalue weighted by molar-refractivity contribution is 0.155. The standard InChI is InChI=1S/C13H22N2OS/c1-10(2)9-16-6-5-15-12(8-14)13-11(3)4-7-17-13/h4,7,12,15H,1,5-6,8-9,14H2,2-3H3. The highest BCUT2D eigenvalue weighted by Crippen LogP contribution is 2.22. The molecular formula is C13H22N2OS. The highest BCUT2D eigenvalue weighted by atomic mass is 32.1. The fourth-order valence-electron chi connectivity index (χ4n) is 1.58. The zero-order valence-electron chi connectivity index (χ0n) is 10.7. The molecule has 0 spiro atoms. The Morgan fingerprint density at radius 3 is 2.94 bits per heavy atom. The summed E-state index contributed by atoms with van der Waals surface area (Å²) >= 11 is 1.75. The summed E-state index contributed by atoms with van der Waals surface area (Å²) in [6.07, 6.45) is 0. The van der Waals surface area contributed by atoms with Crippen molar-refractivity contribution in [2.45, 2.75) is 19.9 Å². The van der Waals surface area contributed by atoms with Crippen molar-refractivity contribution in [3.8, 4) is 0 Å². The number of ether oxygens (including phenoxy) is 1. The van der Waals surface area contributed by atoms with E-state index in [9.17, 15) is 0 Å². The highest BCUT2D eigenvalue weighted by molar-refractivity contribution is 7.10. The van der Waals surface area contributed by atoms with Gasteiger partial charge in [0.05, 0.1) is 19.3 Å². The van der Waals surface area contributed by atoms with Gasteiger partial charge in [-0.25, -0.2) is 0 Å². The summed E-state index contributed by atoms with van der Waals surface area (Å²) in [5.74, 6) is 0. The van der Waals surface area contributed by atoms with Crippen LogP contribution in [0.3, 0.4) is 0 Å². The molecule has 3 nitrogen and oxygen atoms in total. The van der Waals surface area contributed by atoms with Crippen molar-refractivity contribution in [3.63, 3.8) is 0 Å². The van der Waals surface area contributed by atoms with Gasteiger partial charge in [-0.1, -0.05) is 12.2 Å². The van der Waals surface area contributed by atoms with Gasteiger partial charge in [-0.3, -0.25) is 0 Å². The summed E-state index contributed by atoms with van der Waals surface area (Å²) in [4.78, 5) is 1.33. The average molecular weight is 254 g/mol. The number of hydrogen-bond donors (Lipinski definition) is 2. The molecule has 1 aromatic heterocycles. The van der Waals surface area contributed by atoms with Gasteiger partial charge in [0.15, 0.2) is 0 Å². The first-order chi connectivity index (χ1) is 8.15. The van der Waals surface area contributed by atoms with E-state index >= 15 is 0 Å². The quantitative estimate of drug-likeness (QED) is 0.552. The van der Waals surface area contributed by atoms with Gasteiger partial charge in [0.2, 0.25) is 0 Å². The Bertz CT molecular complexity index is 349. The van der Waals surface area contributed by atoms with Crippen molar-refractivity contribution < 1.29 is 4.74 Å². The molecule has 1 unspecified atom stereocenters. The van der Waals surface area contributed by atoms with Crippen LogP contribution in [-0.2, 0) is 4.74 Å². The predicted molar refractivity (Wildman–Crippen MR) is 74.5 cm³/mol. The number of thiophene rings is 1. The molecule has 0 amide bonds. The molecule has 0 aliphatic carbocycles. The average Bonchev–Trinajstić information content (AvgIpc) is 2.70. The van der Waals surface area contributed by atoms with Gasteiger partial charge in [0.25, 0.3) is 0 Å². The van der Waals surface area contributed by atoms with Crippen molar-refractivity contribution in [1.82, 2.24) is 5.32 Å². The minimum Gasteiger partial charge on any atom is -0.376 e. The SMILES string of the molecule is C=C(C)COCCNC(CN)c1sccc1C. The maximum atomic E-state index is 5.79. The van der Waals surface area contributed by atoms with Crippen LogP contribution in [0.15, 0.2) is 23.6 Å². The molecule has 3 N–H and O–H groups in total. The van der Waals surface area contributed by atoms with E-state index in [-0.39, 0.29) is 6.04 Å². The Labute approximate surface area is 108 Å². The van der Waals surface area contributed by atoms with Crippen LogP contribution in [-0.4, -0.2) is 26.3 Å². The fraction of sp³-hybridized carbons (Fsp3) is 0.538. The zero-order chi connectivity index (χ0) is 12.7. The molecular weight excluding hydrogens is 232 g/mol. The number of hydrogen-bond acceptors (Lipinski definition) is 4. The molecule has 0 saturated heterocycles. The summed E-state index contributed by atoms with van der Waals surface area (Å²) in [7, 11) is 0. The summed E-state index contributed by atoms with van der Waals surface area (Å²) in [5, 5.41) is 5.52. The molecule has 0 bridgehead atoms. The topological polar surface area (TPSA) is 47.3 Å². The number of nitrogens with two attached hydrogens (primary N) is 1. The van der Waals surface area contributed by atoms with Gasteiger partial charge in [-0.05, 0) is 30.9 Å². The minimum absolute atomic E-state index is 0.239. The van der Waals surface area contributed by atoms with E-state index in [0.717, 1.165) is 12.1 Å². The van der Waals surface area contributed by atoms with Crippen LogP contribution in [0.5, 0.6) is 0 Å². The maximum Gasteiger partial charge on any atom is 0.0672 e. The first kappa shape index (κ1) is 14.4. The summed E-state index contributed by atoms with van der Waals surface area (Å²) in [5.41, 5.74) is 8.14. The van der Waals surface area contributed by atoms with Crippen molar-refractivity contribution in [1.29, 1.82) is 0 Å². The summed E-state index contributed by atoms with van der Waals surface area (Å²) < 4.78 is 5.44. The van der Waals surface area contributed by atoms with Crippen molar-refractivity contribution in [2.24, 2.45) is 5.73 Å². The molecule has 96 valence electrons. The summed E-state index contributed by atoms with van der Waals surface area (Å²) in [6.45, 7) is 10.6. The van der Waals surface area contributed by atoms with Gasteiger partial charge >= 0.3 is 0 Å². The number of nitrogens with one attached hydrogen (secondary N) is 1. The number of rotatable bonds is 8. The minimum atomic E-state index is 0.239. The van der Waals surface area contributed by atoms with Crippen LogP contribution in [0, 0.1) is 6.92 Å². The third-order valence-electron chi connectivity index (χ3n) is 2.44. The molecule has 0 aliphatic heterocycles. The van der Waals surface area contributed by atoms with Crippen molar-refractivity contribution in [3.05, 3.63) is 34.0 Å². The Morgan fingerprint density at radius 2 is 2.41 bits per heavy atom. The van der Waals surface area contributed by atoms with Crippen LogP contribution < -0.4 is 11.1 Å². The van der Waals surface area contributed by atoms with Crippen LogP contribution in [0.2, 0.25) is 0 Å². The first-order valence-corrected chi connectivity index (χ1v) is 6.72. The molecule has 1 heterocycles. The zero-order valence-corrected chi connectivity index (χ0v) is 11.5. The maximum absolute atomic E-state index is 5.79. The van der Waals surface area contributed by atoms with Crippen LogP contribution in [0.1, 0.15) is 23.4 Å². The van der Waals surface area contributed by atoms with E-state index in [2.05, 4.69) is 30.3 Å². The van der Waals surface area contributed by atoms with Gasteiger partial charge in [0.1, 0.15) is 0 Å². The monoisotopic (exact) mass is 254 g/mol. The van der Waals surface area contributed by atoms with E-state index in [1.807, 2.05) is 6.92 Å². The van der Waals surface area contributed by atoms with E-state index in [1.54, 1.807) is 11.3 Å². The Hall–Kier alpha value is -0.680. The van der Waals surface area contributed by atoms with Crippen molar-refractivity contribution >= 4 is 11.3 Å². The lowest BCUT2D eigenvalue weighted by Crippen LogP contribution is -2.30. The smallest absolute Gasteiger partial charge is 0.0672 e. The van der Waals surface area contributed by atoms with Gasteiger partial charge in [-0.2, -0.15) is 0 Å². The van der Waals surface area contributed by atoms with Gasteiger partial charge in [0, 0.05) is 18.0 Å². The Balaban J connectivity index is 2.29. The second kappa shape index (κ2) is 7.61. The third kappa shape index (κ3) is 5.00. The van der Waals surface area contributed by atoms with E-state index in [0.29, 0.717) is 19.8 Å². The second-order valence-electron chi connectivity index (χ2n) is 4.22. The molecule has 0 radical (unpaired) electrons. The summed E-state index contributed by atoms with van der Waals surface area (Å²) in [6, 6.07) is 2.37. The largest absolute Gasteiger partial charge is 0.376 e. The lowest BCUT2D eigenvalue weighted by Gasteiger charge is -2.16. The van der Waals surface area contributed by atoms with E-state index in [4.69, 9.17) is 10.5 Å². The van der Waals surface area contributed by atoms with Crippen LogP contribution in [0.4, 0.5) is 0 Å². The molecule has 0 aromatic carbocycles. The fourth-order valence-corrected chi connectivity index (χ4v) is 2.59. The van der Waals surface area contributed by atoms with Gasteiger partial charge in [-0.15, -0.1) is 11.3 Å². The molecule has 0 fully saturated rings. The third-order valence-corrected chi connectivity index (χ3v) is 3.57. The highest BCUT2D eigenvalue weighted by Gasteiger charge is 2.12. The second-order valence-corrected chi connectivity index (χ2v) is 5.17. The van der Waals surface area contributed by atoms with Crippen molar-refractivity contribution in [2.75, 3.05) is 26.3 Å². The Morgan fingerprint density at radius 1 is 1.65 bits per heavy atom. The van der Waals surface area contributed by atoms with Gasteiger partial charge < -0.3 is 15.8 Å². The Kier molecular flexibility index (Phi) is 6.44. The molecule has 0 saturated carbocycles. The molecule has 0 aliphatic rings. The normalized spacial score (nSPS) is 12.6. The first-order valence-electron chi connectivity index (χ1n) is 5.84. The lowest BCUT2D eigenvalue weighted by atomic mass is 10.1. The number of aryl methyl sites for hydroxylation is 1. The molecule has 1 aromatic rings.